The van der Waals surface area contributed by atoms with Crippen molar-refractivity contribution in [1.29, 1.82) is 0 Å². The van der Waals surface area contributed by atoms with Crippen LogP contribution >= 0.6 is 0 Å². The van der Waals surface area contributed by atoms with Gasteiger partial charge in [-0.3, -0.25) is 9.59 Å². The van der Waals surface area contributed by atoms with Crippen LogP contribution in [0.1, 0.15) is 25.3 Å². The average molecular weight is 335 g/mol. The van der Waals surface area contributed by atoms with Crippen molar-refractivity contribution in [3.63, 3.8) is 0 Å². The zero-order chi connectivity index (χ0) is 17.4. The summed E-state index contributed by atoms with van der Waals surface area (Å²) in [7, 11) is 0. The smallest absolute Gasteiger partial charge is 0.257 e. The van der Waals surface area contributed by atoms with Crippen molar-refractivity contribution in [3.8, 4) is 5.75 Å². The molecule has 0 spiro atoms. The van der Waals surface area contributed by atoms with Gasteiger partial charge in [0.25, 0.3) is 5.91 Å². The predicted octanol–water partition coefficient (Wildman–Crippen LogP) is 0.324. The van der Waals surface area contributed by atoms with Gasteiger partial charge in [0.1, 0.15) is 11.9 Å². The molecule has 7 heteroatoms. The molecular formula is C17H25N3O4. The zero-order valence-electron chi connectivity index (χ0n) is 13.9. The predicted molar refractivity (Wildman–Crippen MR) is 89.4 cm³/mol. The minimum Gasteiger partial charge on any atom is -0.484 e. The molecule has 7 nitrogen and oxygen atoms in total. The quantitative estimate of drug-likeness (QED) is 0.635. The fourth-order valence-corrected chi connectivity index (χ4v) is 2.52. The van der Waals surface area contributed by atoms with Gasteiger partial charge in [-0.2, -0.15) is 0 Å². The molecule has 0 unspecified atom stereocenters. The highest BCUT2D eigenvalue weighted by Gasteiger charge is 2.29. The Morgan fingerprint density at radius 2 is 2.17 bits per heavy atom. The summed E-state index contributed by atoms with van der Waals surface area (Å²) < 4.78 is 11.0. The molecule has 1 fully saturated rings. The van der Waals surface area contributed by atoms with E-state index in [1.807, 2.05) is 19.1 Å². The molecule has 1 aromatic rings. The molecule has 0 bridgehead atoms. The molecule has 0 saturated carbocycles. The van der Waals surface area contributed by atoms with Gasteiger partial charge in [0.05, 0.1) is 6.10 Å². The molecule has 2 rings (SSSR count). The van der Waals surface area contributed by atoms with Gasteiger partial charge < -0.3 is 25.8 Å². The number of hydrogen-bond donors (Lipinski definition) is 3. The van der Waals surface area contributed by atoms with E-state index >= 15 is 0 Å². The molecule has 1 saturated heterocycles. The Labute approximate surface area is 141 Å². The monoisotopic (exact) mass is 335 g/mol. The molecule has 0 radical (unpaired) electrons. The van der Waals surface area contributed by atoms with Gasteiger partial charge in [-0.15, -0.1) is 0 Å². The number of ether oxygens (including phenoxy) is 2. The maximum absolute atomic E-state index is 12.1. The maximum Gasteiger partial charge on any atom is 0.257 e. The fraction of sp³-hybridized carbons (Fsp3) is 0.529. The van der Waals surface area contributed by atoms with E-state index in [-0.39, 0.29) is 24.5 Å². The van der Waals surface area contributed by atoms with Crippen LogP contribution in [0.25, 0.3) is 0 Å². The van der Waals surface area contributed by atoms with Crippen molar-refractivity contribution in [1.82, 2.24) is 10.6 Å². The highest BCUT2D eigenvalue weighted by Crippen LogP contribution is 2.19. The summed E-state index contributed by atoms with van der Waals surface area (Å²) >= 11 is 0. The average Bonchev–Trinajstić information content (AvgIpc) is 3.08. The van der Waals surface area contributed by atoms with Crippen LogP contribution in [-0.2, 0) is 20.9 Å². The van der Waals surface area contributed by atoms with Gasteiger partial charge in [0.15, 0.2) is 6.61 Å². The van der Waals surface area contributed by atoms with Crippen LogP contribution < -0.4 is 21.1 Å². The van der Waals surface area contributed by atoms with Crippen molar-refractivity contribution < 1.29 is 19.1 Å². The highest BCUT2D eigenvalue weighted by atomic mass is 16.5. The van der Waals surface area contributed by atoms with Gasteiger partial charge in [-0.1, -0.05) is 12.1 Å². The van der Waals surface area contributed by atoms with Crippen LogP contribution in [0.2, 0.25) is 0 Å². The van der Waals surface area contributed by atoms with E-state index in [1.54, 1.807) is 12.1 Å². The normalized spacial score (nSPS) is 19.8. The molecule has 24 heavy (non-hydrogen) atoms. The molecule has 132 valence electrons. The van der Waals surface area contributed by atoms with Crippen molar-refractivity contribution in [3.05, 3.63) is 29.8 Å². The van der Waals surface area contributed by atoms with Gasteiger partial charge in [0.2, 0.25) is 5.91 Å². The third-order valence-electron chi connectivity index (χ3n) is 3.77. The number of nitrogens with two attached hydrogens (primary N) is 1. The van der Waals surface area contributed by atoms with Crippen LogP contribution in [0.4, 0.5) is 0 Å². The van der Waals surface area contributed by atoms with Gasteiger partial charge in [-0.25, -0.2) is 0 Å². The van der Waals surface area contributed by atoms with Crippen LogP contribution in [0, 0.1) is 0 Å². The number of carbonyl (C=O) groups is 2. The molecule has 1 aromatic carbocycles. The van der Waals surface area contributed by atoms with E-state index in [1.165, 1.54) is 0 Å². The number of amides is 2. The Morgan fingerprint density at radius 1 is 1.33 bits per heavy atom. The molecule has 0 aromatic heterocycles. The Hall–Kier alpha value is -2.12. The zero-order valence-corrected chi connectivity index (χ0v) is 13.9. The standard InChI is InChI=1S/C17H25N3O4/c1-2-19-16(21)11-23-13-5-3-4-12(8-13)10-20-17(22)15-7-6-14(9-18)24-15/h3-5,8,14-15H,2,6-7,9-11,18H2,1H3,(H,19,21)(H,20,22)/t14-,15+/m1/s1. The molecular weight excluding hydrogens is 310 g/mol. The molecule has 0 aliphatic carbocycles. The third kappa shape index (κ3) is 5.50. The largest absolute Gasteiger partial charge is 0.484 e. The van der Waals surface area contributed by atoms with Gasteiger partial charge in [0, 0.05) is 19.6 Å². The summed E-state index contributed by atoms with van der Waals surface area (Å²) in [6.45, 7) is 3.21. The number of rotatable bonds is 8. The van der Waals surface area contributed by atoms with Gasteiger partial charge in [-0.05, 0) is 37.5 Å². The Morgan fingerprint density at radius 3 is 2.88 bits per heavy atom. The van der Waals surface area contributed by atoms with Crippen molar-refractivity contribution in [2.45, 2.75) is 38.5 Å². The first-order chi connectivity index (χ1) is 11.6. The maximum atomic E-state index is 12.1. The second kappa shape index (κ2) is 9.24. The molecule has 4 N–H and O–H groups in total. The van der Waals surface area contributed by atoms with Crippen molar-refractivity contribution in [2.24, 2.45) is 5.73 Å². The SMILES string of the molecule is CCNC(=O)COc1cccc(CNC(=O)[C@@H]2CC[C@H](CN)O2)c1. The molecule has 1 aliphatic rings. The summed E-state index contributed by atoms with van der Waals surface area (Å²) in [5.74, 6) is 0.303. The number of carbonyl (C=O) groups excluding carboxylic acids is 2. The van der Waals surface area contributed by atoms with Crippen LogP contribution in [-0.4, -0.2) is 43.7 Å². The molecule has 1 aliphatic heterocycles. The van der Waals surface area contributed by atoms with E-state index in [0.717, 1.165) is 12.0 Å². The number of likely N-dealkylation sites (N-methyl/N-ethyl adjacent to an activating group) is 1. The van der Waals surface area contributed by atoms with Gasteiger partial charge >= 0.3 is 0 Å². The Kier molecular flexibility index (Phi) is 7.02. The fourth-order valence-electron chi connectivity index (χ4n) is 2.52. The van der Waals surface area contributed by atoms with Crippen LogP contribution in [0.5, 0.6) is 5.75 Å². The highest BCUT2D eigenvalue weighted by molar-refractivity contribution is 5.81. The van der Waals surface area contributed by atoms with E-state index in [0.29, 0.717) is 31.8 Å². The molecule has 2 atom stereocenters. The lowest BCUT2D eigenvalue weighted by Crippen LogP contribution is -2.35. The molecule has 1 heterocycles. The summed E-state index contributed by atoms with van der Waals surface area (Å²) in [5.41, 5.74) is 6.44. The summed E-state index contributed by atoms with van der Waals surface area (Å²) in [6.07, 6.45) is 1.07. The third-order valence-corrected chi connectivity index (χ3v) is 3.77. The van der Waals surface area contributed by atoms with E-state index in [9.17, 15) is 9.59 Å². The van der Waals surface area contributed by atoms with E-state index in [2.05, 4.69) is 10.6 Å². The first-order valence-electron chi connectivity index (χ1n) is 8.24. The Bertz CT molecular complexity index is 565. The van der Waals surface area contributed by atoms with E-state index in [4.69, 9.17) is 15.2 Å². The minimum atomic E-state index is -0.421. The van der Waals surface area contributed by atoms with Crippen LogP contribution in [0.3, 0.4) is 0 Å². The second-order valence-electron chi connectivity index (χ2n) is 5.67. The number of hydrogen-bond acceptors (Lipinski definition) is 5. The van der Waals surface area contributed by atoms with Crippen LogP contribution in [0.15, 0.2) is 24.3 Å². The number of nitrogens with one attached hydrogen (secondary N) is 2. The Balaban J connectivity index is 1.79. The second-order valence-corrected chi connectivity index (χ2v) is 5.67. The first kappa shape index (κ1) is 18.2. The lowest BCUT2D eigenvalue weighted by Gasteiger charge is -2.13. The van der Waals surface area contributed by atoms with Crippen molar-refractivity contribution >= 4 is 11.8 Å². The summed E-state index contributed by atoms with van der Waals surface area (Å²) in [5, 5.41) is 5.52. The minimum absolute atomic E-state index is 0.0215. The topological polar surface area (TPSA) is 103 Å². The first-order valence-corrected chi connectivity index (χ1v) is 8.24. The summed E-state index contributed by atoms with van der Waals surface area (Å²) in [4.78, 5) is 23.5. The van der Waals surface area contributed by atoms with Crippen molar-refractivity contribution in [2.75, 3.05) is 19.7 Å². The lowest BCUT2D eigenvalue weighted by atomic mass is 10.1. The van der Waals surface area contributed by atoms with E-state index < -0.39 is 6.10 Å². The molecule has 2 amide bonds. The number of benzene rings is 1. The lowest BCUT2D eigenvalue weighted by molar-refractivity contribution is -0.132. The summed E-state index contributed by atoms with van der Waals surface area (Å²) in [6, 6.07) is 7.29.